The molecule has 1 aromatic heterocycles. The van der Waals surface area contributed by atoms with Crippen molar-refractivity contribution in [2.45, 2.75) is 19.8 Å². The number of hydrogen-bond acceptors (Lipinski definition) is 6. The largest absolute Gasteiger partial charge is 0.352 e. The molecule has 0 radical (unpaired) electrons. The van der Waals surface area contributed by atoms with Crippen LogP contribution in [0, 0.1) is 0 Å². The van der Waals surface area contributed by atoms with Gasteiger partial charge >= 0.3 is 6.03 Å². The zero-order valence-corrected chi connectivity index (χ0v) is 13.6. The van der Waals surface area contributed by atoms with Crippen molar-refractivity contribution in [3.8, 4) is 0 Å². The van der Waals surface area contributed by atoms with E-state index < -0.39 is 6.03 Å². The Morgan fingerprint density at radius 2 is 2.08 bits per heavy atom. The van der Waals surface area contributed by atoms with E-state index >= 15 is 0 Å². The molecule has 1 fully saturated rings. The number of hydrogen-bond donors (Lipinski definition) is 2. The molecule has 25 heavy (non-hydrogen) atoms. The van der Waals surface area contributed by atoms with E-state index in [9.17, 15) is 14.4 Å². The van der Waals surface area contributed by atoms with E-state index in [4.69, 9.17) is 4.52 Å². The first-order chi connectivity index (χ1) is 12.1. The van der Waals surface area contributed by atoms with Gasteiger partial charge in [-0.25, -0.2) is 4.79 Å². The van der Waals surface area contributed by atoms with Gasteiger partial charge in [0.15, 0.2) is 5.82 Å². The van der Waals surface area contributed by atoms with Crippen LogP contribution in [-0.2, 0) is 17.6 Å². The van der Waals surface area contributed by atoms with Gasteiger partial charge in [0.2, 0.25) is 11.8 Å². The first kappa shape index (κ1) is 16.6. The standard InChI is InChI=1S/C16H17N5O4/c1-2-12-18-14(25-20-12)7-8-17-15(23)10-3-5-11(6-4-10)21-9-13(22)19-16(21)24/h3-6H,2,7-9H2,1H3,(H,17,23)(H,19,22,24). The Bertz CT molecular complexity index is 799. The molecule has 0 atom stereocenters. The zero-order valence-electron chi connectivity index (χ0n) is 13.6. The van der Waals surface area contributed by atoms with Gasteiger partial charge in [0.05, 0.1) is 0 Å². The molecule has 130 valence electrons. The maximum Gasteiger partial charge on any atom is 0.329 e. The molecule has 9 heteroatoms. The number of amides is 4. The van der Waals surface area contributed by atoms with E-state index in [2.05, 4.69) is 20.8 Å². The minimum absolute atomic E-state index is 0.0195. The topological polar surface area (TPSA) is 117 Å². The first-order valence-electron chi connectivity index (χ1n) is 7.88. The lowest BCUT2D eigenvalue weighted by molar-refractivity contribution is -0.117. The van der Waals surface area contributed by atoms with E-state index in [0.29, 0.717) is 42.4 Å². The molecule has 1 aliphatic rings. The number of aryl methyl sites for hydroxylation is 1. The van der Waals surface area contributed by atoms with Gasteiger partial charge in [0, 0.05) is 30.6 Å². The van der Waals surface area contributed by atoms with Crippen LogP contribution in [0.1, 0.15) is 29.0 Å². The molecule has 1 aromatic carbocycles. The predicted molar refractivity (Wildman–Crippen MR) is 87.0 cm³/mol. The van der Waals surface area contributed by atoms with Crippen molar-refractivity contribution in [1.29, 1.82) is 0 Å². The number of rotatable bonds is 6. The highest BCUT2D eigenvalue weighted by Crippen LogP contribution is 2.17. The van der Waals surface area contributed by atoms with E-state index in [1.54, 1.807) is 24.3 Å². The summed E-state index contributed by atoms with van der Waals surface area (Å²) in [5, 5.41) is 8.76. The van der Waals surface area contributed by atoms with Crippen molar-refractivity contribution in [3.63, 3.8) is 0 Å². The first-order valence-corrected chi connectivity index (χ1v) is 7.88. The van der Waals surface area contributed by atoms with E-state index in [-0.39, 0.29) is 18.4 Å². The van der Waals surface area contributed by atoms with Crippen molar-refractivity contribution < 1.29 is 18.9 Å². The number of aromatic nitrogens is 2. The van der Waals surface area contributed by atoms with Gasteiger partial charge in [0.25, 0.3) is 5.91 Å². The van der Waals surface area contributed by atoms with Gasteiger partial charge in [-0.2, -0.15) is 4.98 Å². The normalized spacial score (nSPS) is 13.9. The van der Waals surface area contributed by atoms with Crippen LogP contribution in [0.2, 0.25) is 0 Å². The number of carbonyl (C=O) groups is 3. The van der Waals surface area contributed by atoms with Crippen LogP contribution in [0.5, 0.6) is 0 Å². The molecule has 2 heterocycles. The number of imide groups is 1. The van der Waals surface area contributed by atoms with Crippen LogP contribution in [0.4, 0.5) is 10.5 Å². The van der Waals surface area contributed by atoms with Crippen molar-refractivity contribution in [1.82, 2.24) is 20.8 Å². The highest BCUT2D eigenvalue weighted by Gasteiger charge is 2.27. The quantitative estimate of drug-likeness (QED) is 0.744. The van der Waals surface area contributed by atoms with Gasteiger partial charge in [-0.15, -0.1) is 0 Å². The fourth-order valence-corrected chi connectivity index (χ4v) is 2.36. The molecule has 0 bridgehead atoms. The third-order valence-corrected chi connectivity index (χ3v) is 3.69. The predicted octanol–water partition coefficient (Wildman–Crippen LogP) is 0.661. The molecule has 9 nitrogen and oxygen atoms in total. The van der Waals surface area contributed by atoms with Gasteiger partial charge in [0.1, 0.15) is 6.54 Å². The summed E-state index contributed by atoms with van der Waals surface area (Å²) in [7, 11) is 0. The Morgan fingerprint density at radius 1 is 1.32 bits per heavy atom. The van der Waals surface area contributed by atoms with Gasteiger partial charge in [-0.1, -0.05) is 12.1 Å². The smallest absolute Gasteiger partial charge is 0.329 e. The van der Waals surface area contributed by atoms with Crippen LogP contribution in [-0.4, -0.2) is 41.1 Å². The maximum absolute atomic E-state index is 12.1. The molecule has 0 aliphatic carbocycles. The lowest BCUT2D eigenvalue weighted by atomic mass is 10.2. The fraction of sp³-hybridized carbons (Fsp3) is 0.312. The Balaban J connectivity index is 1.54. The second kappa shape index (κ2) is 7.12. The molecule has 0 saturated carbocycles. The lowest BCUT2D eigenvalue weighted by Gasteiger charge is -2.13. The molecule has 0 spiro atoms. The van der Waals surface area contributed by atoms with Gasteiger partial charge in [-0.05, 0) is 24.3 Å². The monoisotopic (exact) mass is 343 g/mol. The Morgan fingerprint density at radius 3 is 2.68 bits per heavy atom. The number of anilines is 1. The van der Waals surface area contributed by atoms with Crippen LogP contribution in [0.25, 0.3) is 0 Å². The van der Waals surface area contributed by atoms with Gasteiger partial charge in [-0.3, -0.25) is 19.8 Å². The van der Waals surface area contributed by atoms with Crippen LogP contribution in [0.15, 0.2) is 28.8 Å². The molecular weight excluding hydrogens is 326 g/mol. The fourth-order valence-electron chi connectivity index (χ4n) is 2.36. The summed E-state index contributed by atoms with van der Waals surface area (Å²) in [6.45, 7) is 2.28. The summed E-state index contributed by atoms with van der Waals surface area (Å²) in [6.07, 6.45) is 1.15. The summed E-state index contributed by atoms with van der Waals surface area (Å²) >= 11 is 0. The molecule has 1 aliphatic heterocycles. The molecular formula is C16H17N5O4. The van der Waals surface area contributed by atoms with Crippen LogP contribution < -0.4 is 15.5 Å². The maximum atomic E-state index is 12.1. The molecule has 3 rings (SSSR count). The number of nitrogens with one attached hydrogen (secondary N) is 2. The van der Waals surface area contributed by atoms with Crippen molar-refractivity contribution in [3.05, 3.63) is 41.5 Å². The summed E-state index contributed by atoms with van der Waals surface area (Å²) in [5.74, 6) is 0.529. The average molecular weight is 343 g/mol. The van der Waals surface area contributed by atoms with Crippen molar-refractivity contribution in [2.24, 2.45) is 0 Å². The van der Waals surface area contributed by atoms with E-state index in [1.807, 2.05) is 6.92 Å². The van der Waals surface area contributed by atoms with E-state index in [0.717, 1.165) is 0 Å². The second-order valence-corrected chi connectivity index (χ2v) is 5.45. The Kier molecular flexibility index (Phi) is 4.73. The molecule has 4 amide bonds. The molecule has 0 unspecified atom stereocenters. The summed E-state index contributed by atoms with van der Waals surface area (Å²) < 4.78 is 5.05. The molecule has 2 aromatic rings. The number of nitrogens with zero attached hydrogens (tertiary/aromatic N) is 3. The second-order valence-electron chi connectivity index (χ2n) is 5.45. The third kappa shape index (κ3) is 3.82. The average Bonchev–Trinajstić information content (AvgIpc) is 3.20. The van der Waals surface area contributed by atoms with Gasteiger partial charge < -0.3 is 9.84 Å². The van der Waals surface area contributed by atoms with E-state index in [1.165, 1.54) is 4.90 Å². The number of carbonyl (C=O) groups excluding carboxylic acids is 3. The molecule has 1 saturated heterocycles. The van der Waals surface area contributed by atoms with Crippen LogP contribution >= 0.6 is 0 Å². The lowest BCUT2D eigenvalue weighted by Crippen LogP contribution is -2.28. The highest BCUT2D eigenvalue weighted by atomic mass is 16.5. The number of benzene rings is 1. The Labute approximate surface area is 143 Å². The van der Waals surface area contributed by atoms with Crippen molar-refractivity contribution in [2.75, 3.05) is 18.0 Å². The summed E-state index contributed by atoms with van der Waals surface area (Å²) in [6, 6.07) is 5.98. The number of urea groups is 1. The minimum Gasteiger partial charge on any atom is -0.352 e. The minimum atomic E-state index is -0.465. The summed E-state index contributed by atoms with van der Waals surface area (Å²) in [5.41, 5.74) is 1.01. The Hall–Kier alpha value is -3.23. The zero-order chi connectivity index (χ0) is 17.8. The highest BCUT2D eigenvalue weighted by molar-refractivity contribution is 6.12. The molecule has 2 N–H and O–H groups in total. The third-order valence-electron chi connectivity index (χ3n) is 3.69. The van der Waals surface area contributed by atoms with Crippen LogP contribution in [0.3, 0.4) is 0 Å². The summed E-state index contributed by atoms with van der Waals surface area (Å²) in [4.78, 5) is 40.4. The van der Waals surface area contributed by atoms with Crippen molar-refractivity contribution >= 4 is 23.5 Å². The SMILES string of the molecule is CCc1noc(CCNC(=O)c2ccc(N3CC(=O)NC3=O)cc2)n1.